The number of hydrogen-bond donors (Lipinski definition) is 3. The topological polar surface area (TPSA) is 139 Å². The normalized spacial score (nSPS) is 30.5. The summed E-state index contributed by atoms with van der Waals surface area (Å²) >= 11 is 2.34. The van der Waals surface area contributed by atoms with Crippen molar-refractivity contribution in [1.29, 1.82) is 0 Å². The van der Waals surface area contributed by atoms with Gasteiger partial charge in [0, 0.05) is 19.2 Å². The van der Waals surface area contributed by atoms with Gasteiger partial charge in [-0.1, -0.05) is 11.3 Å². The quantitative estimate of drug-likeness (QED) is 0.598. The minimum atomic E-state index is -1.33. The number of carbonyl (C=O) groups is 3. The summed E-state index contributed by atoms with van der Waals surface area (Å²) < 4.78 is 0. The van der Waals surface area contributed by atoms with Gasteiger partial charge >= 0.3 is 5.97 Å². The van der Waals surface area contributed by atoms with E-state index in [1.54, 1.807) is 0 Å². The molecule has 2 amide bonds. The Morgan fingerprint density at radius 2 is 2.23 bits per heavy atom. The maximum atomic E-state index is 11.8. The first kappa shape index (κ1) is 15.2. The highest BCUT2D eigenvalue weighted by Crippen LogP contribution is 2.44. The number of fused-ring (bicyclic) bond motifs is 1. The first-order chi connectivity index (χ1) is 10.3. The molecule has 9 nitrogen and oxygen atoms in total. The average molecular weight is 343 g/mol. The number of hydrogen-bond acceptors (Lipinski definition) is 8. The first-order valence-corrected chi connectivity index (χ1v) is 8.24. The molecule has 2 saturated heterocycles. The third-order valence-electron chi connectivity index (χ3n) is 3.65. The number of amides is 2. The van der Waals surface area contributed by atoms with Gasteiger partial charge in [0.15, 0.2) is 0 Å². The molecule has 22 heavy (non-hydrogen) atoms. The first-order valence-electron chi connectivity index (χ1n) is 6.38. The highest BCUT2D eigenvalue weighted by Gasteiger charge is 2.57. The summed E-state index contributed by atoms with van der Waals surface area (Å²) in [5.74, 6) is -1.39. The number of nitrogens with two attached hydrogens (primary N) is 1. The number of carbonyl (C=O) groups excluding carboxylic acids is 2. The van der Waals surface area contributed by atoms with Crippen LogP contribution in [0, 0.1) is 0 Å². The Bertz CT molecular complexity index is 665. The zero-order valence-electron chi connectivity index (χ0n) is 11.5. The van der Waals surface area contributed by atoms with Crippen molar-refractivity contribution in [2.45, 2.75) is 23.8 Å². The summed E-state index contributed by atoms with van der Waals surface area (Å²) in [5, 5.41) is 20.2. The molecule has 4 N–H and O–H groups in total. The van der Waals surface area contributed by atoms with Crippen LogP contribution in [-0.2, 0) is 19.8 Å². The van der Waals surface area contributed by atoms with Gasteiger partial charge < -0.3 is 21.1 Å². The second-order valence-electron chi connectivity index (χ2n) is 5.17. The molecule has 0 bridgehead atoms. The van der Waals surface area contributed by atoms with Crippen molar-refractivity contribution in [2.24, 2.45) is 5.73 Å². The number of anilines is 1. The van der Waals surface area contributed by atoms with E-state index in [1.165, 1.54) is 23.6 Å². The molecule has 0 radical (unpaired) electrons. The Kier molecular flexibility index (Phi) is 3.57. The second-order valence-corrected chi connectivity index (χ2v) is 7.26. The molecule has 0 saturated carbocycles. The van der Waals surface area contributed by atoms with Crippen molar-refractivity contribution >= 4 is 46.0 Å². The zero-order valence-corrected chi connectivity index (χ0v) is 13.1. The monoisotopic (exact) mass is 343 g/mol. The fraction of sp³-hybridized carbons (Fsp3) is 0.545. The lowest BCUT2D eigenvalue weighted by molar-refractivity contribution is -0.152. The number of β-lactam (4-membered cyclic amide) rings is 1. The van der Waals surface area contributed by atoms with E-state index >= 15 is 0 Å². The predicted molar refractivity (Wildman–Crippen MR) is 79.5 cm³/mol. The van der Waals surface area contributed by atoms with Gasteiger partial charge in [0.25, 0.3) is 0 Å². The lowest BCUT2D eigenvalue weighted by atomic mass is 9.88. The van der Waals surface area contributed by atoms with Gasteiger partial charge in [-0.25, -0.2) is 0 Å². The van der Waals surface area contributed by atoms with E-state index in [0.29, 0.717) is 0 Å². The van der Waals surface area contributed by atoms with E-state index < -0.39 is 17.4 Å². The molecule has 2 fully saturated rings. The van der Waals surface area contributed by atoms with E-state index in [0.717, 1.165) is 11.3 Å². The SMILES string of the molecule is CC(=O)Nc1nnc(C2(C(=O)O)CS[C@@H]3C(N)C(=O)N3C2)s1. The number of carboxylic acid groups (broad SMARTS) is 1. The van der Waals surface area contributed by atoms with Crippen LogP contribution in [0.4, 0.5) is 5.13 Å². The summed E-state index contributed by atoms with van der Waals surface area (Å²) in [6.07, 6.45) is 0. The fourth-order valence-corrected chi connectivity index (χ4v) is 4.98. The number of carboxylic acids is 1. The fourth-order valence-electron chi connectivity index (χ4n) is 2.44. The number of thioether (sulfide) groups is 1. The van der Waals surface area contributed by atoms with Gasteiger partial charge in [-0.3, -0.25) is 14.4 Å². The molecular formula is C11H13N5O4S2. The molecule has 1 aromatic heterocycles. The summed E-state index contributed by atoms with van der Waals surface area (Å²) in [6, 6.07) is -0.568. The molecule has 118 valence electrons. The van der Waals surface area contributed by atoms with Gasteiger partial charge in [-0.15, -0.1) is 22.0 Å². The van der Waals surface area contributed by atoms with Gasteiger partial charge in [0.05, 0.1) is 0 Å². The van der Waals surface area contributed by atoms with Crippen LogP contribution in [-0.4, -0.2) is 61.7 Å². The third kappa shape index (κ3) is 2.16. The van der Waals surface area contributed by atoms with E-state index in [9.17, 15) is 19.5 Å². The molecule has 0 aromatic carbocycles. The number of aliphatic carboxylic acids is 1. The molecule has 2 unspecified atom stereocenters. The van der Waals surface area contributed by atoms with Crippen molar-refractivity contribution in [1.82, 2.24) is 15.1 Å². The summed E-state index contributed by atoms with van der Waals surface area (Å²) in [5.41, 5.74) is 4.38. The molecular weight excluding hydrogens is 330 g/mol. The molecule has 3 atom stereocenters. The van der Waals surface area contributed by atoms with Crippen LogP contribution in [0.3, 0.4) is 0 Å². The van der Waals surface area contributed by atoms with Crippen LogP contribution in [0.5, 0.6) is 0 Å². The van der Waals surface area contributed by atoms with Gasteiger partial charge in [-0.2, -0.15) is 0 Å². The molecule has 3 rings (SSSR count). The van der Waals surface area contributed by atoms with Crippen LogP contribution in [0.1, 0.15) is 11.9 Å². The molecule has 11 heteroatoms. The Morgan fingerprint density at radius 1 is 1.50 bits per heavy atom. The standard InChI is InChI=1S/C11H13N5O4S2/c1-4(17)13-10-15-14-8(22-10)11(9(19)20)2-16-6(18)5(12)7(16)21-3-11/h5,7H,2-3,12H2,1H3,(H,19,20)(H,13,15,17)/t5?,7-,11?/m1/s1. The molecule has 2 aliphatic rings. The Hall–Kier alpha value is -1.72. The van der Waals surface area contributed by atoms with E-state index in [4.69, 9.17) is 5.73 Å². The summed E-state index contributed by atoms with van der Waals surface area (Å²) in [4.78, 5) is 36.1. The minimum Gasteiger partial charge on any atom is -0.480 e. The Labute approximate surface area is 133 Å². The van der Waals surface area contributed by atoms with Gasteiger partial charge in [0.2, 0.25) is 16.9 Å². The lowest BCUT2D eigenvalue weighted by Crippen LogP contribution is -2.72. The van der Waals surface area contributed by atoms with Crippen LogP contribution in [0.2, 0.25) is 0 Å². The largest absolute Gasteiger partial charge is 0.480 e. The maximum Gasteiger partial charge on any atom is 0.319 e. The van der Waals surface area contributed by atoms with Crippen molar-refractivity contribution in [3.05, 3.63) is 5.01 Å². The molecule has 0 aliphatic carbocycles. The Morgan fingerprint density at radius 3 is 2.86 bits per heavy atom. The molecule has 0 spiro atoms. The number of nitrogens with zero attached hydrogens (tertiary/aromatic N) is 3. The van der Waals surface area contributed by atoms with Crippen molar-refractivity contribution < 1.29 is 19.5 Å². The smallest absolute Gasteiger partial charge is 0.319 e. The number of aromatic nitrogens is 2. The van der Waals surface area contributed by atoms with E-state index in [-0.39, 0.29) is 39.6 Å². The van der Waals surface area contributed by atoms with Crippen LogP contribution < -0.4 is 11.1 Å². The lowest BCUT2D eigenvalue weighted by Gasteiger charge is -2.52. The van der Waals surface area contributed by atoms with Crippen LogP contribution in [0.15, 0.2) is 0 Å². The van der Waals surface area contributed by atoms with Crippen LogP contribution in [0.25, 0.3) is 0 Å². The Balaban J connectivity index is 1.90. The predicted octanol–water partition coefficient (Wildman–Crippen LogP) is -0.939. The highest BCUT2D eigenvalue weighted by atomic mass is 32.2. The van der Waals surface area contributed by atoms with Crippen molar-refractivity contribution in [3.8, 4) is 0 Å². The van der Waals surface area contributed by atoms with Crippen molar-refractivity contribution in [2.75, 3.05) is 17.6 Å². The highest BCUT2D eigenvalue weighted by molar-refractivity contribution is 8.00. The van der Waals surface area contributed by atoms with Crippen molar-refractivity contribution in [3.63, 3.8) is 0 Å². The number of rotatable bonds is 3. The van der Waals surface area contributed by atoms with Gasteiger partial charge in [0.1, 0.15) is 21.8 Å². The maximum absolute atomic E-state index is 11.8. The zero-order chi connectivity index (χ0) is 16.1. The molecule has 1 aromatic rings. The van der Waals surface area contributed by atoms with E-state index in [2.05, 4.69) is 15.5 Å². The summed E-state index contributed by atoms with van der Waals surface area (Å²) in [7, 11) is 0. The number of nitrogens with one attached hydrogen (secondary N) is 1. The van der Waals surface area contributed by atoms with Gasteiger partial charge in [-0.05, 0) is 0 Å². The third-order valence-corrected chi connectivity index (χ3v) is 6.24. The van der Waals surface area contributed by atoms with Crippen LogP contribution >= 0.6 is 23.1 Å². The molecule has 2 aliphatic heterocycles. The minimum absolute atomic E-state index is 0.0151. The van der Waals surface area contributed by atoms with E-state index in [1.807, 2.05) is 0 Å². The second kappa shape index (κ2) is 5.18. The average Bonchev–Trinajstić information content (AvgIpc) is 2.93. The summed E-state index contributed by atoms with van der Waals surface area (Å²) in [6.45, 7) is 1.34. The molecule has 3 heterocycles.